The number of hydrogen-bond acceptors (Lipinski definition) is 16. The molecule has 3 saturated heterocycles. The van der Waals surface area contributed by atoms with Gasteiger partial charge >= 0.3 is 12.1 Å². The number of carbonyl (C=O) groups excluding carboxylic acids is 3. The summed E-state index contributed by atoms with van der Waals surface area (Å²) < 4.78 is 50.8. The summed E-state index contributed by atoms with van der Waals surface area (Å²) >= 11 is 0. The highest BCUT2D eigenvalue weighted by molar-refractivity contribution is 5.83. The Morgan fingerprint density at radius 3 is 2.08 bits per heavy atom. The summed E-state index contributed by atoms with van der Waals surface area (Å²) in [7, 11) is 6.73. The fourth-order valence-corrected chi connectivity index (χ4v) is 9.92. The average Bonchev–Trinajstić information content (AvgIpc) is 3.24. The molecule has 0 saturated carbocycles. The smallest absolute Gasteiger partial charge is 0.407 e. The Hall–Kier alpha value is -2.97. The molecule has 1 amide bonds. The third-order valence-electron chi connectivity index (χ3n) is 14.1. The van der Waals surface area contributed by atoms with Crippen LogP contribution in [0.4, 0.5) is 4.79 Å². The van der Waals surface area contributed by atoms with Crippen molar-refractivity contribution < 1.29 is 72.7 Å². The number of nitrogens with one attached hydrogen (secondary N) is 1. The van der Waals surface area contributed by atoms with Gasteiger partial charge in [-0.25, -0.2) is 4.79 Å². The van der Waals surface area contributed by atoms with E-state index in [2.05, 4.69) is 5.32 Å². The molecule has 0 bridgehead atoms. The maximum atomic E-state index is 14.5. The maximum Gasteiger partial charge on any atom is 0.407 e. The van der Waals surface area contributed by atoms with E-state index in [9.17, 15) is 34.8 Å². The molecule has 3 aliphatic rings. The van der Waals surface area contributed by atoms with E-state index in [0.29, 0.717) is 12.8 Å². The van der Waals surface area contributed by atoms with Crippen molar-refractivity contribution in [2.45, 2.75) is 186 Å². The van der Waals surface area contributed by atoms with Crippen LogP contribution in [0.25, 0.3) is 0 Å². The van der Waals surface area contributed by atoms with E-state index in [-0.39, 0.29) is 49.5 Å². The van der Waals surface area contributed by atoms with Crippen LogP contribution in [-0.4, -0.2) is 162 Å². The van der Waals surface area contributed by atoms with Gasteiger partial charge in [0, 0.05) is 51.0 Å². The lowest BCUT2D eigenvalue weighted by molar-refractivity contribution is -0.319. The molecule has 17 heteroatoms. The summed E-state index contributed by atoms with van der Waals surface area (Å²) in [6.45, 7) is 17.3. The van der Waals surface area contributed by atoms with Gasteiger partial charge < -0.3 is 68.5 Å². The highest BCUT2D eigenvalue weighted by atomic mass is 16.7. The number of rotatable bonds is 12. The van der Waals surface area contributed by atoms with Gasteiger partial charge in [-0.15, -0.1) is 0 Å². The van der Waals surface area contributed by atoms with Crippen LogP contribution in [0.2, 0.25) is 0 Å². The van der Waals surface area contributed by atoms with Crippen molar-refractivity contribution >= 4 is 17.8 Å². The Morgan fingerprint density at radius 2 is 1.50 bits per heavy atom. The van der Waals surface area contributed by atoms with Crippen LogP contribution in [0.15, 0.2) is 24.3 Å². The first-order valence-electron chi connectivity index (χ1n) is 22.8. The number of cyclic esters (lactones) is 1. The highest BCUT2D eigenvalue weighted by Crippen LogP contribution is 2.42. The fourth-order valence-electron chi connectivity index (χ4n) is 9.92. The summed E-state index contributed by atoms with van der Waals surface area (Å²) in [5.41, 5.74) is -3.55. The molecular weight excluding hydrogens is 833 g/mol. The molecule has 3 aliphatic heterocycles. The minimum atomic E-state index is -2.01. The summed E-state index contributed by atoms with van der Waals surface area (Å²) in [6, 6.07) is 6.37. The van der Waals surface area contributed by atoms with E-state index in [1.807, 2.05) is 32.8 Å². The number of Topliss-reactive ketones (excluding diaryl/α,β-unsaturated/α-hetero) is 1. The number of aromatic hydroxyl groups is 1. The number of amides is 1. The van der Waals surface area contributed by atoms with Gasteiger partial charge in [-0.1, -0.05) is 39.8 Å². The Kier molecular flexibility index (Phi) is 18.6. The van der Waals surface area contributed by atoms with Crippen molar-refractivity contribution in [3.05, 3.63) is 29.8 Å². The summed E-state index contributed by atoms with van der Waals surface area (Å²) in [5.74, 6) is -4.59. The number of phenolic OH excluding ortho intramolecular Hbond substituents is 1. The van der Waals surface area contributed by atoms with Gasteiger partial charge in [0.2, 0.25) is 0 Å². The third-order valence-corrected chi connectivity index (χ3v) is 14.1. The molecule has 3 fully saturated rings. The highest BCUT2D eigenvalue weighted by Gasteiger charge is 2.55. The first-order valence-corrected chi connectivity index (χ1v) is 22.8. The number of ether oxygens (including phenoxy) is 8. The molecule has 1 aromatic rings. The van der Waals surface area contributed by atoms with E-state index in [1.165, 1.54) is 21.1 Å². The zero-order valence-electron chi connectivity index (χ0n) is 40.4. The van der Waals surface area contributed by atoms with Crippen LogP contribution in [-0.2, 0) is 53.9 Å². The molecule has 0 spiro atoms. The van der Waals surface area contributed by atoms with Crippen molar-refractivity contribution in [3.63, 3.8) is 0 Å². The fraction of sp³-hybridized carbons (Fsp3) is 0.809. The molecule has 3 heterocycles. The number of ketones is 1. The van der Waals surface area contributed by atoms with Crippen molar-refractivity contribution in [1.29, 1.82) is 0 Å². The lowest BCUT2D eigenvalue weighted by Crippen LogP contribution is -2.62. The van der Waals surface area contributed by atoms with Crippen LogP contribution in [0.5, 0.6) is 5.75 Å². The van der Waals surface area contributed by atoms with Gasteiger partial charge in [0.1, 0.15) is 34.9 Å². The average molecular weight is 911 g/mol. The van der Waals surface area contributed by atoms with E-state index in [0.717, 1.165) is 5.56 Å². The molecule has 0 aromatic heterocycles. The van der Waals surface area contributed by atoms with Crippen LogP contribution in [0, 0.1) is 23.7 Å². The lowest BCUT2D eigenvalue weighted by Gasteiger charge is -2.50. The zero-order valence-corrected chi connectivity index (χ0v) is 40.4. The Balaban J connectivity index is 1.73. The number of carbonyl (C=O) groups is 3. The minimum Gasteiger partial charge on any atom is -0.508 e. The molecular formula is C47H78N2O15. The second kappa shape index (κ2) is 22.2. The standard InChI is InChI=1S/C47H78N2O15/c1-15-34-47(10,56)39(53)27(4)36(51)25(2)23-45(8,57-13)40(63-43-37(52)33(49(11)12)22-26(3)59-43)28(5)38(29(6)42(54)61-34)62-35-24-46(9,58-14)41(30(7)60-35)64-44(55)48-21-20-31-16-18-32(50)19-17-31/h16-19,25-30,33-35,37-41,43,50,52-53,56H,15,20-24H2,1-14H3,(H,48,55)/t25-,26-,27+,28+,29-,30+,33+,34-,35+,37-,38+,39-,40-,41+,43+,45+,46-,47-/m1/s1. The Morgan fingerprint density at radius 1 is 0.891 bits per heavy atom. The summed E-state index contributed by atoms with van der Waals surface area (Å²) in [4.78, 5) is 43.6. The van der Waals surface area contributed by atoms with E-state index in [4.69, 9.17) is 37.9 Å². The quantitative estimate of drug-likeness (QED) is 0.186. The molecule has 366 valence electrons. The summed E-state index contributed by atoms with van der Waals surface area (Å²) in [6.07, 6.45) is -9.56. The number of likely N-dealkylation sites (N-methyl/N-ethyl adjacent to an activating group) is 1. The number of alkyl carbamates (subject to hydrolysis) is 1. The van der Waals surface area contributed by atoms with Crippen LogP contribution in [0.1, 0.15) is 100 Å². The number of esters is 1. The molecule has 0 aliphatic carbocycles. The van der Waals surface area contributed by atoms with Gasteiger partial charge in [-0.3, -0.25) is 9.59 Å². The molecule has 0 radical (unpaired) electrons. The van der Waals surface area contributed by atoms with Crippen molar-refractivity contribution in [1.82, 2.24) is 10.2 Å². The van der Waals surface area contributed by atoms with Gasteiger partial charge in [0.05, 0.1) is 42.0 Å². The van der Waals surface area contributed by atoms with Crippen LogP contribution in [0.3, 0.4) is 0 Å². The second-order valence-corrected chi connectivity index (χ2v) is 19.4. The number of hydrogen-bond donors (Lipinski definition) is 5. The molecule has 4 rings (SSSR count). The first-order chi connectivity index (χ1) is 29.8. The normalized spacial score (nSPS) is 41.8. The van der Waals surface area contributed by atoms with E-state index in [1.54, 1.807) is 72.7 Å². The molecule has 64 heavy (non-hydrogen) atoms. The van der Waals surface area contributed by atoms with Crippen molar-refractivity contribution in [2.24, 2.45) is 23.7 Å². The minimum absolute atomic E-state index is 0.0474. The number of methoxy groups -OCH3 is 2. The molecule has 17 nitrogen and oxygen atoms in total. The van der Waals surface area contributed by atoms with Gasteiger partial charge in [0.25, 0.3) is 0 Å². The predicted octanol–water partition coefficient (Wildman–Crippen LogP) is 4.12. The second-order valence-electron chi connectivity index (χ2n) is 19.4. The third kappa shape index (κ3) is 12.3. The van der Waals surface area contributed by atoms with Crippen LogP contribution >= 0.6 is 0 Å². The first kappa shape index (κ1) is 53.6. The number of nitrogens with zero attached hydrogens (tertiary/aromatic N) is 1. The van der Waals surface area contributed by atoms with Gasteiger partial charge in [0.15, 0.2) is 18.7 Å². The van der Waals surface area contributed by atoms with E-state index >= 15 is 0 Å². The number of benzene rings is 1. The zero-order chi connectivity index (χ0) is 48.1. The number of aliphatic hydroxyl groups excluding tert-OH is 2. The predicted molar refractivity (Wildman–Crippen MR) is 235 cm³/mol. The molecule has 0 unspecified atom stereocenters. The molecule has 5 N–H and O–H groups in total. The Bertz CT molecular complexity index is 1680. The maximum absolute atomic E-state index is 14.5. The van der Waals surface area contributed by atoms with Crippen molar-refractivity contribution in [2.75, 3.05) is 34.9 Å². The Labute approximate surface area is 379 Å². The monoisotopic (exact) mass is 911 g/mol. The largest absolute Gasteiger partial charge is 0.508 e. The van der Waals surface area contributed by atoms with Crippen molar-refractivity contribution in [3.8, 4) is 5.75 Å². The van der Waals surface area contributed by atoms with E-state index < -0.39 is 108 Å². The van der Waals surface area contributed by atoms with Crippen LogP contribution < -0.4 is 5.32 Å². The number of aliphatic hydroxyl groups is 3. The van der Waals surface area contributed by atoms with Gasteiger partial charge in [-0.2, -0.15) is 0 Å². The number of phenols is 1. The lowest BCUT2D eigenvalue weighted by atomic mass is 9.74. The topological polar surface area (TPSA) is 221 Å². The summed E-state index contributed by atoms with van der Waals surface area (Å²) in [5, 5.41) is 47.4. The molecule has 18 atom stereocenters. The SMILES string of the molecule is CC[C@H]1OC(=O)[C@H](C)[C@@H](O[C@H]2C[C@@](C)(OC)[C@@H](OC(=O)NCCc3ccc(O)cc3)[C@H](C)O2)[C@H](C)[C@@H](O[C@@H]2O[C@H](C)C[C@H](N(C)C)[C@H]2O)[C@@](C)(OC)C[C@@H](C)C(=O)[C@H](C)[C@@H](O)[C@]1(C)O. The van der Waals surface area contributed by atoms with Gasteiger partial charge in [-0.05, 0) is 99.0 Å². The molecule has 1 aromatic carbocycles.